The fourth-order valence-corrected chi connectivity index (χ4v) is 4.64. The number of nitrogens with zero attached hydrogens (tertiary/aromatic N) is 4. The fourth-order valence-electron chi connectivity index (χ4n) is 3.40. The minimum atomic E-state index is -3.34. The summed E-state index contributed by atoms with van der Waals surface area (Å²) in [6, 6.07) is 12.4. The van der Waals surface area contributed by atoms with E-state index in [0.29, 0.717) is 27.4 Å². The lowest BCUT2D eigenvalue weighted by atomic mass is 10.1. The standard InChI is InChI=1S/C23H23N5O4S2/c1-15-5-4-6-18-21(15)24-14-28(22(18)30)12-11-20(29)26-23-25-19(13-33-23)16-7-9-17(10-8-16)27(2)34(3,31)32/h4-10,13-14H,11-12H2,1-3H3,(H,25,26,29). The SMILES string of the molecule is Cc1cccc2c(=O)n(CCC(=O)Nc3nc(-c4ccc(N(C)S(C)(=O)=O)cc4)cs3)cnc12. The van der Waals surface area contributed by atoms with Gasteiger partial charge in [0.1, 0.15) is 0 Å². The minimum Gasteiger partial charge on any atom is -0.302 e. The fraction of sp³-hybridized carbons (Fsp3) is 0.217. The Kier molecular flexibility index (Phi) is 6.49. The molecule has 9 nitrogen and oxygen atoms in total. The van der Waals surface area contributed by atoms with Crippen molar-refractivity contribution in [3.63, 3.8) is 0 Å². The molecule has 0 aliphatic heterocycles. The Balaban J connectivity index is 1.40. The summed E-state index contributed by atoms with van der Waals surface area (Å²) in [7, 11) is -1.85. The number of sulfonamides is 1. The number of hydrogen-bond donors (Lipinski definition) is 1. The van der Waals surface area contributed by atoms with Crippen LogP contribution < -0.4 is 15.2 Å². The monoisotopic (exact) mass is 497 g/mol. The van der Waals surface area contributed by atoms with Gasteiger partial charge in [0.15, 0.2) is 5.13 Å². The number of thiazole rings is 1. The van der Waals surface area contributed by atoms with Crippen molar-refractivity contribution in [2.45, 2.75) is 19.9 Å². The van der Waals surface area contributed by atoms with E-state index >= 15 is 0 Å². The largest absolute Gasteiger partial charge is 0.302 e. The molecule has 0 atom stereocenters. The number of hydrogen-bond acceptors (Lipinski definition) is 7. The summed E-state index contributed by atoms with van der Waals surface area (Å²) in [5.74, 6) is -0.262. The Morgan fingerprint density at radius 1 is 1.18 bits per heavy atom. The number of carbonyl (C=O) groups excluding carboxylic acids is 1. The van der Waals surface area contributed by atoms with E-state index in [1.165, 1.54) is 33.6 Å². The van der Waals surface area contributed by atoms with Crippen LogP contribution in [0.15, 0.2) is 59.0 Å². The minimum absolute atomic E-state index is 0.0976. The summed E-state index contributed by atoms with van der Waals surface area (Å²) in [4.78, 5) is 33.9. The molecule has 176 valence electrons. The van der Waals surface area contributed by atoms with Crippen LogP contribution in [0, 0.1) is 6.92 Å². The molecule has 1 N–H and O–H groups in total. The van der Waals surface area contributed by atoms with Crippen LogP contribution in [-0.4, -0.2) is 42.2 Å². The van der Waals surface area contributed by atoms with E-state index in [9.17, 15) is 18.0 Å². The highest BCUT2D eigenvalue weighted by atomic mass is 32.2. The van der Waals surface area contributed by atoms with Crippen molar-refractivity contribution in [2.75, 3.05) is 22.9 Å². The first kappa shape index (κ1) is 23.6. The Morgan fingerprint density at radius 3 is 2.62 bits per heavy atom. The zero-order chi connectivity index (χ0) is 24.5. The van der Waals surface area contributed by atoms with Crippen LogP contribution in [0.3, 0.4) is 0 Å². The van der Waals surface area contributed by atoms with Crippen LogP contribution >= 0.6 is 11.3 Å². The number of para-hydroxylation sites is 1. The second-order valence-corrected chi connectivity index (χ2v) is 10.7. The van der Waals surface area contributed by atoms with Gasteiger partial charge in [0.2, 0.25) is 15.9 Å². The summed E-state index contributed by atoms with van der Waals surface area (Å²) in [5, 5.41) is 5.54. The molecule has 0 aliphatic rings. The molecule has 0 aliphatic carbocycles. The third-order valence-corrected chi connectivity index (χ3v) is 7.37. The molecular formula is C23H23N5O4S2. The van der Waals surface area contributed by atoms with Gasteiger partial charge in [-0.25, -0.2) is 18.4 Å². The number of anilines is 2. The predicted molar refractivity (Wildman–Crippen MR) is 135 cm³/mol. The summed E-state index contributed by atoms with van der Waals surface area (Å²) in [6.45, 7) is 2.10. The summed E-state index contributed by atoms with van der Waals surface area (Å²) in [5.41, 5.74) is 3.42. The van der Waals surface area contributed by atoms with E-state index in [2.05, 4.69) is 15.3 Å². The van der Waals surface area contributed by atoms with Crippen molar-refractivity contribution in [1.82, 2.24) is 14.5 Å². The molecule has 34 heavy (non-hydrogen) atoms. The molecule has 4 aromatic rings. The molecule has 0 unspecified atom stereocenters. The smallest absolute Gasteiger partial charge is 0.261 e. The average molecular weight is 498 g/mol. The quantitative estimate of drug-likeness (QED) is 0.419. The first-order valence-electron chi connectivity index (χ1n) is 10.4. The third-order valence-electron chi connectivity index (χ3n) is 5.41. The first-order valence-corrected chi connectivity index (χ1v) is 13.1. The zero-order valence-corrected chi connectivity index (χ0v) is 20.5. The molecule has 0 fully saturated rings. The molecule has 0 bridgehead atoms. The molecule has 0 radical (unpaired) electrons. The van der Waals surface area contributed by atoms with E-state index in [-0.39, 0.29) is 24.4 Å². The lowest BCUT2D eigenvalue weighted by Gasteiger charge is -2.16. The van der Waals surface area contributed by atoms with Gasteiger partial charge in [-0.2, -0.15) is 0 Å². The van der Waals surface area contributed by atoms with Crippen molar-refractivity contribution >= 4 is 49.0 Å². The Bertz CT molecular complexity index is 1530. The topological polar surface area (TPSA) is 114 Å². The Morgan fingerprint density at radius 2 is 1.91 bits per heavy atom. The van der Waals surface area contributed by atoms with Crippen LogP contribution in [0.25, 0.3) is 22.2 Å². The van der Waals surface area contributed by atoms with Crippen molar-refractivity contribution < 1.29 is 13.2 Å². The maximum atomic E-state index is 12.7. The zero-order valence-electron chi connectivity index (χ0n) is 18.8. The van der Waals surface area contributed by atoms with Gasteiger partial charge in [0.05, 0.1) is 34.9 Å². The number of carbonyl (C=O) groups is 1. The van der Waals surface area contributed by atoms with Gasteiger partial charge in [-0.3, -0.25) is 18.5 Å². The molecule has 2 aromatic heterocycles. The first-order chi connectivity index (χ1) is 16.1. The molecule has 0 spiro atoms. The number of aromatic nitrogens is 3. The van der Waals surface area contributed by atoms with E-state index in [4.69, 9.17) is 0 Å². The normalized spacial score (nSPS) is 11.5. The van der Waals surface area contributed by atoms with Gasteiger partial charge in [-0.15, -0.1) is 11.3 Å². The summed E-state index contributed by atoms with van der Waals surface area (Å²) < 4.78 is 26.0. The highest BCUT2D eigenvalue weighted by Crippen LogP contribution is 2.27. The van der Waals surface area contributed by atoms with E-state index < -0.39 is 10.0 Å². The third kappa shape index (κ3) is 5.00. The Hall–Kier alpha value is -3.57. The van der Waals surface area contributed by atoms with Crippen LogP contribution in [0.5, 0.6) is 0 Å². The van der Waals surface area contributed by atoms with Gasteiger partial charge >= 0.3 is 0 Å². The van der Waals surface area contributed by atoms with Crippen LogP contribution in [-0.2, 0) is 21.4 Å². The lowest BCUT2D eigenvalue weighted by Crippen LogP contribution is -2.24. The van der Waals surface area contributed by atoms with E-state index in [0.717, 1.165) is 17.4 Å². The number of nitrogens with one attached hydrogen (secondary N) is 1. The van der Waals surface area contributed by atoms with Crippen LogP contribution in [0.2, 0.25) is 0 Å². The van der Waals surface area contributed by atoms with Gasteiger partial charge in [0, 0.05) is 31.0 Å². The highest BCUT2D eigenvalue weighted by molar-refractivity contribution is 7.92. The lowest BCUT2D eigenvalue weighted by molar-refractivity contribution is -0.116. The van der Waals surface area contributed by atoms with Crippen molar-refractivity contribution in [2.24, 2.45) is 0 Å². The highest BCUT2D eigenvalue weighted by Gasteiger charge is 2.13. The van der Waals surface area contributed by atoms with Gasteiger partial charge in [0.25, 0.3) is 5.56 Å². The van der Waals surface area contributed by atoms with Gasteiger partial charge in [-0.1, -0.05) is 24.3 Å². The number of aryl methyl sites for hydroxylation is 2. The van der Waals surface area contributed by atoms with Crippen molar-refractivity contribution in [3.05, 3.63) is 70.1 Å². The maximum absolute atomic E-state index is 12.7. The van der Waals surface area contributed by atoms with E-state index in [1.807, 2.05) is 24.4 Å². The molecule has 2 aromatic carbocycles. The number of fused-ring (bicyclic) bond motifs is 1. The molecule has 4 rings (SSSR count). The Labute approximate surface area is 200 Å². The predicted octanol–water partition coefficient (Wildman–Crippen LogP) is 3.25. The van der Waals surface area contributed by atoms with Crippen molar-refractivity contribution in [1.29, 1.82) is 0 Å². The van der Waals surface area contributed by atoms with Gasteiger partial charge < -0.3 is 5.32 Å². The van der Waals surface area contributed by atoms with Crippen LogP contribution in [0.4, 0.5) is 10.8 Å². The number of amides is 1. The van der Waals surface area contributed by atoms with Gasteiger partial charge in [-0.05, 0) is 30.7 Å². The second kappa shape index (κ2) is 9.35. The van der Waals surface area contributed by atoms with Crippen LogP contribution in [0.1, 0.15) is 12.0 Å². The molecule has 0 saturated carbocycles. The molecule has 11 heteroatoms. The average Bonchev–Trinajstić information content (AvgIpc) is 3.26. The molecule has 2 heterocycles. The molecule has 1 amide bonds. The number of rotatable bonds is 7. The number of benzene rings is 2. The summed E-state index contributed by atoms with van der Waals surface area (Å²) in [6.07, 6.45) is 2.71. The summed E-state index contributed by atoms with van der Waals surface area (Å²) >= 11 is 1.29. The second-order valence-electron chi connectivity index (χ2n) is 7.83. The molecular weight excluding hydrogens is 474 g/mol. The van der Waals surface area contributed by atoms with E-state index in [1.54, 1.807) is 30.3 Å². The molecule has 0 saturated heterocycles. The van der Waals surface area contributed by atoms with Crippen molar-refractivity contribution in [3.8, 4) is 11.3 Å². The maximum Gasteiger partial charge on any atom is 0.261 e.